The lowest BCUT2D eigenvalue weighted by molar-refractivity contribution is 0.154. The van der Waals surface area contributed by atoms with Crippen LogP contribution < -0.4 is 10.2 Å². The summed E-state index contributed by atoms with van der Waals surface area (Å²) in [6.45, 7) is 7.30. The molecule has 0 aliphatic heterocycles. The maximum absolute atomic E-state index is 5.46. The first-order valence-corrected chi connectivity index (χ1v) is 7.07. The molecule has 2 aromatic rings. The smallest absolute Gasteiger partial charge is 0.224 e. The molecule has 1 aromatic carbocycles. The first-order chi connectivity index (χ1) is 9.80. The number of nitrogens with one attached hydrogen (secondary N) is 1. The molecule has 0 aliphatic rings. The molecule has 0 saturated heterocycles. The van der Waals surface area contributed by atoms with Gasteiger partial charge in [0.1, 0.15) is 5.82 Å². The number of nitrogens with zero attached hydrogens (tertiary/aromatic N) is 3. The Labute approximate surface area is 120 Å². The van der Waals surface area contributed by atoms with Gasteiger partial charge in [0, 0.05) is 32.1 Å². The molecule has 1 heterocycles. The highest BCUT2D eigenvalue weighted by Gasteiger charge is 2.12. The number of fused-ring (bicyclic) bond motifs is 1. The van der Waals surface area contributed by atoms with Gasteiger partial charge in [-0.25, -0.2) is 4.98 Å². The Morgan fingerprint density at radius 3 is 2.70 bits per heavy atom. The fourth-order valence-corrected chi connectivity index (χ4v) is 2.15. The molecule has 0 aliphatic carbocycles. The largest absolute Gasteiger partial charge is 0.380 e. The summed E-state index contributed by atoms with van der Waals surface area (Å²) in [5.74, 6) is 1.61. The monoisotopic (exact) mass is 274 g/mol. The number of likely N-dealkylation sites (N-methyl/N-ethyl adjacent to an activating group) is 1. The average molecular weight is 274 g/mol. The van der Waals surface area contributed by atoms with Crippen molar-refractivity contribution < 1.29 is 4.74 Å². The van der Waals surface area contributed by atoms with Gasteiger partial charge < -0.3 is 15.0 Å². The summed E-state index contributed by atoms with van der Waals surface area (Å²) in [6.07, 6.45) is 0. The van der Waals surface area contributed by atoms with Crippen molar-refractivity contribution in [2.24, 2.45) is 0 Å². The fourth-order valence-electron chi connectivity index (χ4n) is 2.15. The van der Waals surface area contributed by atoms with Gasteiger partial charge in [0.15, 0.2) is 0 Å². The lowest BCUT2D eigenvalue weighted by atomic mass is 10.2. The summed E-state index contributed by atoms with van der Waals surface area (Å²) in [7, 11) is 1.84. The van der Waals surface area contributed by atoms with E-state index in [9.17, 15) is 0 Å². The summed E-state index contributed by atoms with van der Waals surface area (Å²) in [6, 6.07) is 8.09. The van der Waals surface area contributed by atoms with Crippen LogP contribution in [0.15, 0.2) is 24.3 Å². The van der Waals surface area contributed by atoms with Gasteiger partial charge in [0.2, 0.25) is 5.95 Å². The summed E-state index contributed by atoms with van der Waals surface area (Å²) in [5, 5.41) is 4.10. The maximum atomic E-state index is 5.46. The topological polar surface area (TPSA) is 50.3 Å². The predicted molar refractivity (Wildman–Crippen MR) is 83.5 cm³/mol. The number of hydrogen-bond acceptors (Lipinski definition) is 5. The van der Waals surface area contributed by atoms with Crippen LogP contribution >= 0.6 is 0 Å². The Balaban J connectivity index is 2.38. The molecular weight excluding hydrogens is 252 g/mol. The normalized spacial score (nSPS) is 10.8. The van der Waals surface area contributed by atoms with Gasteiger partial charge in [0.25, 0.3) is 0 Å². The van der Waals surface area contributed by atoms with E-state index >= 15 is 0 Å². The fraction of sp³-hybridized carbons (Fsp3) is 0.467. The Bertz CT molecular complexity index is 559. The first kappa shape index (κ1) is 14.5. The third kappa shape index (κ3) is 3.17. The molecule has 1 aromatic heterocycles. The number of benzene rings is 1. The number of aromatic nitrogens is 2. The number of hydrogen-bond donors (Lipinski definition) is 1. The Hall–Kier alpha value is -1.88. The molecule has 20 heavy (non-hydrogen) atoms. The first-order valence-electron chi connectivity index (χ1n) is 7.07. The van der Waals surface area contributed by atoms with Crippen molar-refractivity contribution in [3.8, 4) is 0 Å². The molecule has 0 spiro atoms. The zero-order valence-electron chi connectivity index (χ0n) is 12.4. The molecule has 0 unspecified atom stereocenters. The second-order valence-electron chi connectivity index (χ2n) is 4.41. The number of para-hydroxylation sites is 1. The Kier molecular flexibility index (Phi) is 5.12. The van der Waals surface area contributed by atoms with E-state index in [-0.39, 0.29) is 0 Å². The highest BCUT2D eigenvalue weighted by molar-refractivity contribution is 5.90. The number of rotatable bonds is 7. The zero-order chi connectivity index (χ0) is 14.4. The minimum Gasteiger partial charge on any atom is -0.380 e. The molecule has 2 rings (SSSR count). The van der Waals surface area contributed by atoms with E-state index in [0.29, 0.717) is 12.6 Å². The lowest BCUT2D eigenvalue weighted by Crippen LogP contribution is -2.28. The van der Waals surface area contributed by atoms with Crippen LogP contribution in [-0.2, 0) is 4.74 Å². The Morgan fingerprint density at radius 2 is 2.00 bits per heavy atom. The molecule has 1 N–H and O–H groups in total. The third-order valence-electron chi connectivity index (χ3n) is 3.20. The van der Waals surface area contributed by atoms with Crippen molar-refractivity contribution in [2.75, 3.05) is 43.6 Å². The molecule has 5 heteroatoms. The van der Waals surface area contributed by atoms with Crippen molar-refractivity contribution in [1.82, 2.24) is 9.97 Å². The Morgan fingerprint density at radius 1 is 1.20 bits per heavy atom. The molecule has 0 fully saturated rings. The third-order valence-corrected chi connectivity index (χ3v) is 3.20. The average Bonchev–Trinajstić information content (AvgIpc) is 2.50. The van der Waals surface area contributed by atoms with Gasteiger partial charge in [-0.1, -0.05) is 12.1 Å². The van der Waals surface area contributed by atoms with Gasteiger partial charge in [-0.05, 0) is 26.0 Å². The summed E-state index contributed by atoms with van der Waals surface area (Å²) < 4.78 is 5.46. The van der Waals surface area contributed by atoms with E-state index in [1.165, 1.54) is 0 Å². The van der Waals surface area contributed by atoms with Crippen LogP contribution in [0.3, 0.4) is 0 Å². The summed E-state index contributed by atoms with van der Waals surface area (Å²) in [5.41, 5.74) is 0.955. The zero-order valence-corrected chi connectivity index (χ0v) is 12.4. The minimum absolute atomic E-state index is 0.647. The van der Waals surface area contributed by atoms with E-state index in [4.69, 9.17) is 4.74 Å². The van der Waals surface area contributed by atoms with E-state index in [0.717, 1.165) is 36.4 Å². The second kappa shape index (κ2) is 7.05. The van der Waals surface area contributed by atoms with Gasteiger partial charge >= 0.3 is 0 Å². The predicted octanol–water partition coefficient (Wildman–Crippen LogP) is 2.53. The van der Waals surface area contributed by atoms with Crippen molar-refractivity contribution in [1.29, 1.82) is 0 Å². The second-order valence-corrected chi connectivity index (χ2v) is 4.41. The highest BCUT2D eigenvalue weighted by Crippen LogP contribution is 2.24. The van der Waals surface area contributed by atoms with E-state index in [2.05, 4.69) is 33.2 Å². The van der Waals surface area contributed by atoms with Crippen LogP contribution in [0.25, 0.3) is 10.9 Å². The summed E-state index contributed by atoms with van der Waals surface area (Å²) >= 11 is 0. The van der Waals surface area contributed by atoms with Gasteiger partial charge in [0.05, 0.1) is 12.1 Å². The molecule has 0 amide bonds. The molecule has 0 bridgehead atoms. The summed E-state index contributed by atoms with van der Waals surface area (Å²) in [4.78, 5) is 11.3. The maximum Gasteiger partial charge on any atom is 0.224 e. The minimum atomic E-state index is 0.647. The van der Waals surface area contributed by atoms with Crippen LogP contribution in [0.4, 0.5) is 11.8 Å². The SMILES string of the molecule is CCOCCN(CC)c1nc(NC)nc2ccccc12. The molecule has 0 saturated carbocycles. The van der Waals surface area contributed by atoms with E-state index < -0.39 is 0 Å². The number of anilines is 2. The van der Waals surface area contributed by atoms with Crippen LogP contribution in [0.2, 0.25) is 0 Å². The molecule has 5 nitrogen and oxygen atoms in total. The van der Waals surface area contributed by atoms with Crippen LogP contribution in [0, 0.1) is 0 Å². The standard InChI is InChI=1S/C15H22N4O/c1-4-19(10-11-20-5-2)14-12-8-6-7-9-13(12)17-15(16-3)18-14/h6-9H,4-5,10-11H2,1-3H3,(H,16,17,18). The van der Waals surface area contributed by atoms with Crippen molar-refractivity contribution in [3.63, 3.8) is 0 Å². The van der Waals surface area contributed by atoms with Crippen molar-refractivity contribution in [2.45, 2.75) is 13.8 Å². The van der Waals surface area contributed by atoms with Crippen LogP contribution in [0.1, 0.15) is 13.8 Å². The quantitative estimate of drug-likeness (QED) is 0.786. The van der Waals surface area contributed by atoms with E-state index in [1.54, 1.807) is 0 Å². The van der Waals surface area contributed by atoms with Crippen LogP contribution in [-0.4, -0.2) is 43.3 Å². The molecular formula is C15H22N4O. The highest BCUT2D eigenvalue weighted by atomic mass is 16.5. The number of ether oxygens (including phenoxy) is 1. The molecule has 0 atom stereocenters. The van der Waals surface area contributed by atoms with Gasteiger partial charge in [-0.2, -0.15) is 4.98 Å². The van der Waals surface area contributed by atoms with Gasteiger partial charge in [-0.15, -0.1) is 0 Å². The van der Waals surface area contributed by atoms with Crippen LogP contribution in [0.5, 0.6) is 0 Å². The van der Waals surface area contributed by atoms with E-state index in [1.807, 2.05) is 32.2 Å². The lowest BCUT2D eigenvalue weighted by Gasteiger charge is -2.23. The van der Waals surface area contributed by atoms with Crippen molar-refractivity contribution in [3.05, 3.63) is 24.3 Å². The van der Waals surface area contributed by atoms with Crippen molar-refractivity contribution >= 4 is 22.7 Å². The molecule has 108 valence electrons. The van der Waals surface area contributed by atoms with Gasteiger partial charge in [-0.3, -0.25) is 0 Å². The molecule has 0 radical (unpaired) electrons.